The molecule has 0 atom stereocenters. The van der Waals surface area contributed by atoms with E-state index in [-0.39, 0.29) is 10.8 Å². The molecular formula is C14H24O2Si. The molecule has 1 aliphatic rings. The zero-order chi connectivity index (χ0) is 13.3. The van der Waals surface area contributed by atoms with Crippen molar-refractivity contribution in [3.63, 3.8) is 0 Å². The third-order valence-corrected chi connectivity index (χ3v) is 7.96. The fourth-order valence-electron chi connectivity index (χ4n) is 1.49. The Hall–Kier alpha value is -0.833. The number of Topliss-reactive ketones (excluding diaryl/α,β-unsaturated/α-hetero) is 1. The van der Waals surface area contributed by atoms with Gasteiger partial charge in [0.1, 0.15) is 5.76 Å². The Balaban J connectivity index is 2.90. The maximum absolute atomic E-state index is 11.7. The normalized spacial score (nSPS) is 19.8. The molecule has 0 aromatic rings. The molecule has 96 valence electrons. The first-order chi connectivity index (χ1) is 7.69. The van der Waals surface area contributed by atoms with Crippen LogP contribution >= 0.6 is 0 Å². The van der Waals surface area contributed by atoms with Gasteiger partial charge in [-0.2, -0.15) is 0 Å². The summed E-state index contributed by atoms with van der Waals surface area (Å²) in [4.78, 5) is 11.7. The molecule has 0 aliphatic heterocycles. The first-order valence-electron chi connectivity index (χ1n) is 6.32. The molecule has 1 rings (SSSR count). The Kier molecular flexibility index (Phi) is 4.02. The van der Waals surface area contributed by atoms with Crippen LogP contribution in [0.2, 0.25) is 18.1 Å². The molecule has 0 amide bonds. The van der Waals surface area contributed by atoms with E-state index in [0.717, 1.165) is 17.8 Å². The summed E-state index contributed by atoms with van der Waals surface area (Å²) >= 11 is 0. The molecule has 3 heteroatoms. The second-order valence-electron chi connectivity index (χ2n) is 6.08. The predicted molar refractivity (Wildman–Crippen MR) is 74.4 cm³/mol. The average molecular weight is 252 g/mol. The minimum atomic E-state index is -1.83. The number of carbonyl (C=O) groups excluding carboxylic acids is 1. The van der Waals surface area contributed by atoms with Gasteiger partial charge >= 0.3 is 0 Å². The lowest BCUT2D eigenvalue weighted by atomic mass is 10.2. The van der Waals surface area contributed by atoms with Crippen molar-refractivity contribution in [1.82, 2.24) is 0 Å². The highest BCUT2D eigenvalue weighted by Crippen LogP contribution is 2.40. The van der Waals surface area contributed by atoms with Crippen LogP contribution < -0.4 is 0 Å². The summed E-state index contributed by atoms with van der Waals surface area (Å²) in [7, 11) is -1.83. The number of ketones is 1. The fraction of sp³-hybridized carbons (Fsp3) is 0.643. The summed E-state index contributed by atoms with van der Waals surface area (Å²) in [5.74, 6) is 1.02. The maximum atomic E-state index is 11.7. The molecule has 0 N–H and O–H groups in total. The highest BCUT2D eigenvalue weighted by Gasteiger charge is 2.40. The van der Waals surface area contributed by atoms with Crippen molar-refractivity contribution in [3.8, 4) is 0 Å². The molecular weight excluding hydrogens is 228 g/mol. The van der Waals surface area contributed by atoms with Gasteiger partial charge in [-0.1, -0.05) is 33.8 Å². The molecule has 0 spiro atoms. The van der Waals surface area contributed by atoms with Crippen molar-refractivity contribution < 1.29 is 9.22 Å². The van der Waals surface area contributed by atoms with E-state index in [2.05, 4.69) is 33.9 Å². The molecule has 0 heterocycles. The van der Waals surface area contributed by atoms with Crippen molar-refractivity contribution in [3.05, 3.63) is 23.5 Å². The maximum Gasteiger partial charge on any atom is 0.250 e. The van der Waals surface area contributed by atoms with E-state index < -0.39 is 8.32 Å². The number of rotatable bonds is 3. The van der Waals surface area contributed by atoms with Gasteiger partial charge in [0.2, 0.25) is 8.32 Å². The Bertz CT molecular complexity index is 370. The molecule has 0 fully saturated rings. The number of hydrogen-bond acceptors (Lipinski definition) is 2. The quantitative estimate of drug-likeness (QED) is 0.556. The highest BCUT2D eigenvalue weighted by atomic mass is 28.4. The zero-order valence-electron chi connectivity index (χ0n) is 11.9. The standard InChI is InChI=1S/C14H24O2Si/c1-7-8-11-12(15)9-10-13(11)16-17(5,6)14(2,3)4/h8,10H,7,9H2,1-6H3. The van der Waals surface area contributed by atoms with E-state index in [1.54, 1.807) is 0 Å². The lowest BCUT2D eigenvalue weighted by Crippen LogP contribution is -2.40. The third kappa shape index (κ3) is 3.09. The first kappa shape index (κ1) is 14.2. The van der Waals surface area contributed by atoms with Gasteiger partial charge in [-0.25, -0.2) is 0 Å². The Morgan fingerprint density at radius 2 is 2.00 bits per heavy atom. The Morgan fingerprint density at radius 1 is 1.41 bits per heavy atom. The molecule has 0 bridgehead atoms. The van der Waals surface area contributed by atoms with E-state index >= 15 is 0 Å². The van der Waals surface area contributed by atoms with Gasteiger partial charge in [0.15, 0.2) is 5.78 Å². The molecule has 2 nitrogen and oxygen atoms in total. The van der Waals surface area contributed by atoms with Crippen molar-refractivity contribution in [1.29, 1.82) is 0 Å². The van der Waals surface area contributed by atoms with Gasteiger partial charge in [0.05, 0.1) is 5.57 Å². The van der Waals surface area contributed by atoms with Crippen LogP contribution in [0.25, 0.3) is 0 Å². The van der Waals surface area contributed by atoms with E-state index in [4.69, 9.17) is 4.43 Å². The molecule has 0 unspecified atom stereocenters. The van der Waals surface area contributed by atoms with Crippen LogP contribution in [0.1, 0.15) is 40.5 Å². The fourth-order valence-corrected chi connectivity index (χ4v) is 2.54. The van der Waals surface area contributed by atoms with Crippen molar-refractivity contribution in [2.24, 2.45) is 0 Å². The zero-order valence-corrected chi connectivity index (χ0v) is 12.9. The summed E-state index contributed by atoms with van der Waals surface area (Å²) in [6, 6.07) is 0. The van der Waals surface area contributed by atoms with Gasteiger partial charge in [-0.3, -0.25) is 4.79 Å². The summed E-state index contributed by atoms with van der Waals surface area (Å²) in [5, 5.41) is 0.163. The number of carbonyl (C=O) groups is 1. The Morgan fingerprint density at radius 3 is 2.47 bits per heavy atom. The number of hydrogen-bond donors (Lipinski definition) is 0. The molecule has 0 aromatic heterocycles. The third-order valence-electron chi connectivity index (χ3n) is 3.62. The van der Waals surface area contributed by atoms with Crippen LogP contribution in [0.3, 0.4) is 0 Å². The second kappa shape index (κ2) is 4.81. The lowest BCUT2D eigenvalue weighted by Gasteiger charge is -2.37. The van der Waals surface area contributed by atoms with Gasteiger partial charge in [-0.05, 0) is 30.6 Å². The van der Waals surface area contributed by atoms with Crippen LogP contribution in [0.4, 0.5) is 0 Å². The molecule has 0 radical (unpaired) electrons. The minimum Gasteiger partial charge on any atom is -0.543 e. The van der Waals surface area contributed by atoms with Gasteiger partial charge in [-0.15, -0.1) is 0 Å². The van der Waals surface area contributed by atoms with Gasteiger partial charge in [0, 0.05) is 6.42 Å². The molecule has 17 heavy (non-hydrogen) atoms. The van der Waals surface area contributed by atoms with Crippen LogP contribution in [-0.4, -0.2) is 14.1 Å². The SMILES string of the molecule is CCC=C1C(=O)CC=C1O[Si](C)(C)C(C)(C)C. The summed E-state index contributed by atoms with van der Waals surface area (Å²) in [5.41, 5.74) is 0.789. The van der Waals surface area contributed by atoms with Crippen LogP contribution in [0.5, 0.6) is 0 Å². The molecule has 0 saturated carbocycles. The van der Waals surface area contributed by atoms with Gasteiger partial charge in [0.25, 0.3) is 0 Å². The predicted octanol–water partition coefficient (Wildman–Crippen LogP) is 4.20. The van der Waals surface area contributed by atoms with Crippen molar-refractivity contribution in [2.75, 3.05) is 0 Å². The topological polar surface area (TPSA) is 26.3 Å². The highest BCUT2D eigenvalue weighted by molar-refractivity contribution is 6.74. The van der Waals surface area contributed by atoms with E-state index in [1.165, 1.54) is 0 Å². The molecule has 1 aliphatic carbocycles. The minimum absolute atomic E-state index is 0.163. The Labute approximate surface area is 106 Å². The monoisotopic (exact) mass is 252 g/mol. The van der Waals surface area contributed by atoms with E-state index in [9.17, 15) is 4.79 Å². The van der Waals surface area contributed by atoms with Gasteiger partial charge < -0.3 is 4.43 Å². The summed E-state index contributed by atoms with van der Waals surface area (Å²) in [6.07, 6.45) is 5.29. The van der Waals surface area contributed by atoms with Crippen molar-refractivity contribution in [2.45, 2.75) is 58.7 Å². The summed E-state index contributed by atoms with van der Waals surface area (Å²) < 4.78 is 6.21. The van der Waals surface area contributed by atoms with Crippen molar-refractivity contribution >= 4 is 14.1 Å². The average Bonchev–Trinajstić information content (AvgIpc) is 2.48. The smallest absolute Gasteiger partial charge is 0.250 e. The van der Waals surface area contributed by atoms with Crippen LogP contribution in [-0.2, 0) is 9.22 Å². The lowest BCUT2D eigenvalue weighted by molar-refractivity contribution is -0.114. The second-order valence-corrected chi connectivity index (χ2v) is 10.8. The van der Waals surface area contributed by atoms with Crippen LogP contribution in [0, 0.1) is 0 Å². The van der Waals surface area contributed by atoms with E-state index in [0.29, 0.717) is 6.42 Å². The molecule has 0 aromatic carbocycles. The summed E-state index contributed by atoms with van der Waals surface area (Å²) in [6.45, 7) is 13.1. The van der Waals surface area contributed by atoms with Crippen LogP contribution in [0.15, 0.2) is 23.5 Å². The first-order valence-corrected chi connectivity index (χ1v) is 9.23. The largest absolute Gasteiger partial charge is 0.543 e. The van der Waals surface area contributed by atoms with E-state index in [1.807, 2.05) is 19.1 Å². The molecule has 0 saturated heterocycles. The number of allylic oxidation sites excluding steroid dienone is 3.